The Hall–Kier alpha value is -1.68. The van der Waals surface area contributed by atoms with Gasteiger partial charge in [-0.3, -0.25) is 10.1 Å². The van der Waals surface area contributed by atoms with Crippen molar-refractivity contribution in [1.82, 2.24) is 15.2 Å². The zero-order valence-corrected chi connectivity index (χ0v) is 7.77. The Bertz CT molecular complexity index is 394. The number of nitrogens with zero attached hydrogens (tertiary/aromatic N) is 2. The third-order valence-electron chi connectivity index (χ3n) is 2.10. The SMILES string of the molecule is NCCc1[nH]ncc1-c1ccncc1. The molecular formula is C10H12N4. The highest BCUT2D eigenvalue weighted by atomic mass is 15.1. The van der Waals surface area contributed by atoms with Crippen LogP contribution in [0, 0.1) is 0 Å². The van der Waals surface area contributed by atoms with Crippen molar-refractivity contribution in [1.29, 1.82) is 0 Å². The first kappa shape index (κ1) is 8.90. The van der Waals surface area contributed by atoms with Crippen LogP contribution in [0.15, 0.2) is 30.7 Å². The molecule has 0 saturated heterocycles. The van der Waals surface area contributed by atoms with Gasteiger partial charge < -0.3 is 5.73 Å². The second-order valence-electron chi connectivity index (χ2n) is 3.04. The predicted molar refractivity (Wildman–Crippen MR) is 54.6 cm³/mol. The van der Waals surface area contributed by atoms with E-state index >= 15 is 0 Å². The second-order valence-corrected chi connectivity index (χ2v) is 3.04. The number of nitrogens with one attached hydrogen (secondary N) is 1. The van der Waals surface area contributed by atoms with Crippen LogP contribution >= 0.6 is 0 Å². The van der Waals surface area contributed by atoms with Gasteiger partial charge in [0.2, 0.25) is 0 Å². The molecule has 14 heavy (non-hydrogen) atoms. The lowest BCUT2D eigenvalue weighted by Crippen LogP contribution is -2.03. The molecular weight excluding hydrogens is 176 g/mol. The highest BCUT2D eigenvalue weighted by Crippen LogP contribution is 2.20. The zero-order chi connectivity index (χ0) is 9.80. The molecule has 0 saturated carbocycles. The maximum Gasteiger partial charge on any atom is 0.0568 e. The number of pyridine rings is 1. The summed E-state index contributed by atoms with van der Waals surface area (Å²) in [5.74, 6) is 0. The molecule has 72 valence electrons. The Morgan fingerprint density at radius 1 is 1.29 bits per heavy atom. The fourth-order valence-corrected chi connectivity index (χ4v) is 1.43. The third-order valence-corrected chi connectivity index (χ3v) is 2.10. The van der Waals surface area contributed by atoms with Crippen molar-refractivity contribution in [3.8, 4) is 11.1 Å². The number of hydrogen-bond acceptors (Lipinski definition) is 3. The van der Waals surface area contributed by atoms with Crippen LogP contribution in [0.3, 0.4) is 0 Å². The van der Waals surface area contributed by atoms with Crippen LogP contribution in [0.1, 0.15) is 5.69 Å². The summed E-state index contributed by atoms with van der Waals surface area (Å²) < 4.78 is 0. The zero-order valence-electron chi connectivity index (χ0n) is 7.77. The highest BCUT2D eigenvalue weighted by molar-refractivity contribution is 5.64. The van der Waals surface area contributed by atoms with Crippen LogP contribution in [-0.4, -0.2) is 21.7 Å². The van der Waals surface area contributed by atoms with Gasteiger partial charge in [0.1, 0.15) is 0 Å². The van der Waals surface area contributed by atoms with E-state index in [1.807, 2.05) is 18.3 Å². The van der Waals surface area contributed by atoms with Crippen molar-refractivity contribution in [2.45, 2.75) is 6.42 Å². The molecule has 2 rings (SSSR count). The van der Waals surface area contributed by atoms with Crippen LogP contribution in [0.5, 0.6) is 0 Å². The number of aromatic nitrogens is 3. The Labute approximate surface area is 82.2 Å². The molecule has 0 unspecified atom stereocenters. The maximum atomic E-state index is 5.51. The number of hydrogen-bond donors (Lipinski definition) is 2. The summed E-state index contributed by atoms with van der Waals surface area (Å²) in [5.41, 5.74) is 8.82. The van der Waals surface area contributed by atoms with Gasteiger partial charge in [-0.1, -0.05) is 0 Å². The Morgan fingerprint density at radius 3 is 2.79 bits per heavy atom. The van der Waals surface area contributed by atoms with Crippen molar-refractivity contribution in [3.63, 3.8) is 0 Å². The molecule has 0 spiro atoms. The fourth-order valence-electron chi connectivity index (χ4n) is 1.43. The molecule has 0 aliphatic carbocycles. The maximum absolute atomic E-state index is 5.51. The molecule has 0 aliphatic heterocycles. The summed E-state index contributed by atoms with van der Waals surface area (Å²) in [6, 6.07) is 3.93. The van der Waals surface area contributed by atoms with E-state index in [0.29, 0.717) is 6.54 Å². The van der Waals surface area contributed by atoms with Crippen LogP contribution in [0.25, 0.3) is 11.1 Å². The molecule has 0 amide bonds. The lowest BCUT2D eigenvalue weighted by Gasteiger charge is -2.00. The lowest BCUT2D eigenvalue weighted by atomic mass is 10.1. The van der Waals surface area contributed by atoms with Gasteiger partial charge >= 0.3 is 0 Å². The minimum atomic E-state index is 0.625. The molecule has 0 atom stereocenters. The van der Waals surface area contributed by atoms with E-state index in [-0.39, 0.29) is 0 Å². The van der Waals surface area contributed by atoms with E-state index in [4.69, 9.17) is 5.73 Å². The molecule has 3 N–H and O–H groups in total. The van der Waals surface area contributed by atoms with Gasteiger partial charge in [0.25, 0.3) is 0 Å². The smallest absolute Gasteiger partial charge is 0.0568 e. The molecule has 0 aromatic carbocycles. The summed E-state index contributed by atoms with van der Waals surface area (Å²) >= 11 is 0. The van der Waals surface area contributed by atoms with Gasteiger partial charge in [-0.25, -0.2) is 0 Å². The van der Waals surface area contributed by atoms with E-state index in [1.165, 1.54) is 0 Å². The molecule has 2 heterocycles. The van der Waals surface area contributed by atoms with Crippen LogP contribution < -0.4 is 5.73 Å². The Kier molecular flexibility index (Phi) is 2.55. The summed E-state index contributed by atoms with van der Waals surface area (Å²) in [5, 5.41) is 6.97. The average Bonchev–Trinajstić information content (AvgIpc) is 2.68. The van der Waals surface area contributed by atoms with Crippen LogP contribution in [0.2, 0.25) is 0 Å². The summed E-state index contributed by atoms with van der Waals surface area (Å²) in [6.07, 6.45) is 6.18. The first-order chi connectivity index (χ1) is 6.92. The number of nitrogens with two attached hydrogens (primary N) is 1. The van der Waals surface area contributed by atoms with Crippen LogP contribution in [-0.2, 0) is 6.42 Å². The number of H-pyrrole nitrogens is 1. The van der Waals surface area contributed by atoms with Crippen molar-refractivity contribution in [3.05, 3.63) is 36.4 Å². The van der Waals surface area contributed by atoms with E-state index < -0.39 is 0 Å². The van der Waals surface area contributed by atoms with E-state index in [9.17, 15) is 0 Å². The molecule has 2 aromatic heterocycles. The van der Waals surface area contributed by atoms with Gasteiger partial charge in [0, 0.05) is 30.1 Å². The molecule has 0 radical (unpaired) electrons. The summed E-state index contributed by atoms with van der Waals surface area (Å²) in [7, 11) is 0. The summed E-state index contributed by atoms with van der Waals surface area (Å²) in [6.45, 7) is 0.625. The first-order valence-electron chi connectivity index (χ1n) is 4.54. The van der Waals surface area contributed by atoms with Gasteiger partial charge in [-0.2, -0.15) is 5.10 Å². The van der Waals surface area contributed by atoms with Crippen molar-refractivity contribution < 1.29 is 0 Å². The van der Waals surface area contributed by atoms with E-state index in [0.717, 1.165) is 23.2 Å². The van der Waals surface area contributed by atoms with E-state index in [1.54, 1.807) is 12.4 Å². The summed E-state index contributed by atoms with van der Waals surface area (Å²) in [4.78, 5) is 3.98. The fraction of sp³-hybridized carbons (Fsp3) is 0.200. The molecule has 2 aromatic rings. The third kappa shape index (κ3) is 1.65. The standard InChI is InChI=1S/C10H12N4/c11-4-1-10-9(7-13-14-10)8-2-5-12-6-3-8/h2-3,5-7H,1,4,11H2,(H,13,14). The van der Waals surface area contributed by atoms with Crippen molar-refractivity contribution >= 4 is 0 Å². The van der Waals surface area contributed by atoms with Crippen molar-refractivity contribution in [2.75, 3.05) is 6.54 Å². The Balaban J connectivity index is 2.37. The molecule has 0 bridgehead atoms. The van der Waals surface area contributed by atoms with E-state index in [2.05, 4.69) is 15.2 Å². The topological polar surface area (TPSA) is 67.6 Å². The lowest BCUT2D eigenvalue weighted by molar-refractivity contribution is 0.902. The van der Waals surface area contributed by atoms with Crippen LogP contribution in [0.4, 0.5) is 0 Å². The number of aromatic amines is 1. The Morgan fingerprint density at radius 2 is 2.07 bits per heavy atom. The quantitative estimate of drug-likeness (QED) is 0.754. The van der Waals surface area contributed by atoms with Gasteiger partial charge in [0.15, 0.2) is 0 Å². The van der Waals surface area contributed by atoms with Gasteiger partial charge in [-0.15, -0.1) is 0 Å². The number of rotatable bonds is 3. The molecule has 0 fully saturated rings. The predicted octanol–water partition coefficient (Wildman–Crippen LogP) is 0.973. The monoisotopic (exact) mass is 188 g/mol. The normalized spacial score (nSPS) is 10.4. The minimum Gasteiger partial charge on any atom is -0.330 e. The second kappa shape index (κ2) is 4.02. The van der Waals surface area contributed by atoms with Gasteiger partial charge in [-0.05, 0) is 24.2 Å². The highest BCUT2D eigenvalue weighted by Gasteiger charge is 2.05. The molecule has 4 nitrogen and oxygen atoms in total. The van der Waals surface area contributed by atoms with Gasteiger partial charge in [0.05, 0.1) is 6.20 Å². The largest absolute Gasteiger partial charge is 0.330 e. The molecule has 0 aliphatic rings. The van der Waals surface area contributed by atoms with Crippen molar-refractivity contribution in [2.24, 2.45) is 5.73 Å². The molecule has 4 heteroatoms. The first-order valence-corrected chi connectivity index (χ1v) is 4.54. The average molecular weight is 188 g/mol. The minimum absolute atomic E-state index is 0.625.